The van der Waals surface area contributed by atoms with Crippen LogP contribution in [0.1, 0.15) is 23.6 Å². The molecule has 0 aliphatic heterocycles. The maximum Gasteiger partial charge on any atom is 0.332 e. The zero-order valence-electron chi connectivity index (χ0n) is 21.2. The van der Waals surface area contributed by atoms with Crippen molar-refractivity contribution in [2.45, 2.75) is 26.3 Å². The molecule has 0 unspecified atom stereocenters. The van der Waals surface area contributed by atoms with E-state index >= 15 is 0 Å². The first-order chi connectivity index (χ1) is 18.2. The van der Waals surface area contributed by atoms with Crippen molar-refractivity contribution in [3.63, 3.8) is 0 Å². The molecule has 0 aliphatic rings. The quantitative estimate of drug-likeness (QED) is 0.302. The molecule has 5 aromatic rings. The van der Waals surface area contributed by atoms with Gasteiger partial charge in [0.1, 0.15) is 11.6 Å². The highest BCUT2D eigenvalue weighted by molar-refractivity contribution is 6.35. The van der Waals surface area contributed by atoms with Crippen molar-refractivity contribution in [3.8, 4) is 0 Å². The molecule has 2 N–H and O–H groups in total. The number of hydrogen-bond acceptors (Lipinski definition) is 8. The van der Waals surface area contributed by atoms with Crippen LogP contribution in [0.15, 0.2) is 39.9 Å². The Morgan fingerprint density at radius 3 is 2.66 bits per heavy atom. The minimum atomic E-state index is -0.500. The zero-order valence-corrected chi connectivity index (χ0v) is 22.0. The molecule has 196 valence electrons. The SMILES string of the molecule is COC(=O)CCc1nc(C)cc(Nc2nc3c(c(=O)n(Cc4cc5c(Cl)cccc5[nH]4)c(=O)n3C)n2C)n1. The molecule has 1 aromatic carbocycles. The van der Waals surface area contributed by atoms with Gasteiger partial charge in [-0.15, -0.1) is 0 Å². The molecule has 0 fully saturated rings. The van der Waals surface area contributed by atoms with Gasteiger partial charge >= 0.3 is 11.7 Å². The first kappa shape index (κ1) is 25.2. The molecule has 12 nitrogen and oxygen atoms in total. The van der Waals surface area contributed by atoms with Gasteiger partial charge in [0, 0.05) is 53.9 Å². The summed E-state index contributed by atoms with van der Waals surface area (Å²) in [6, 6.07) is 9.04. The number of aromatic amines is 1. The number of aryl methyl sites for hydroxylation is 4. The summed E-state index contributed by atoms with van der Waals surface area (Å²) in [5, 5.41) is 4.50. The Morgan fingerprint density at radius 1 is 1.13 bits per heavy atom. The van der Waals surface area contributed by atoms with Crippen molar-refractivity contribution in [2.75, 3.05) is 12.4 Å². The Hall–Kier alpha value is -4.45. The lowest BCUT2D eigenvalue weighted by Crippen LogP contribution is -2.39. The molecule has 0 spiro atoms. The third-order valence-electron chi connectivity index (χ3n) is 6.28. The number of halogens is 1. The van der Waals surface area contributed by atoms with Crippen molar-refractivity contribution < 1.29 is 9.53 Å². The summed E-state index contributed by atoms with van der Waals surface area (Å²) >= 11 is 6.28. The number of carbonyl (C=O) groups excluding carboxylic acids is 1. The van der Waals surface area contributed by atoms with Crippen molar-refractivity contribution >= 4 is 51.4 Å². The number of anilines is 2. The number of esters is 1. The zero-order chi connectivity index (χ0) is 27.1. The van der Waals surface area contributed by atoms with Gasteiger partial charge in [-0.3, -0.25) is 18.7 Å². The van der Waals surface area contributed by atoms with E-state index in [2.05, 4.69) is 30.0 Å². The second kappa shape index (κ2) is 9.78. The fraction of sp³-hybridized carbons (Fsp3) is 0.280. The summed E-state index contributed by atoms with van der Waals surface area (Å²) in [6.45, 7) is 1.85. The van der Waals surface area contributed by atoms with Gasteiger partial charge in [-0.05, 0) is 25.1 Å². The Labute approximate surface area is 220 Å². The van der Waals surface area contributed by atoms with Gasteiger partial charge < -0.3 is 19.6 Å². The van der Waals surface area contributed by atoms with Crippen LogP contribution < -0.4 is 16.6 Å². The first-order valence-corrected chi connectivity index (χ1v) is 12.1. The van der Waals surface area contributed by atoms with Crippen LogP contribution in [-0.4, -0.2) is 46.7 Å². The highest BCUT2D eigenvalue weighted by Gasteiger charge is 2.20. The van der Waals surface area contributed by atoms with Crippen molar-refractivity contribution in [1.29, 1.82) is 0 Å². The number of nitrogens with one attached hydrogen (secondary N) is 2. The minimum Gasteiger partial charge on any atom is -0.469 e. The van der Waals surface area contributed by atoms with Gasteiger partial charge in [0.05, 0.1) is 20.1 Å². The van der Waals surface area contributed by atoms with E-state index < -0.39 is 11.2 Å². The molecule has 0 atom stereocenters. The number of benzene rings is 1. The van der Waals surface area contributed by atoms with E-state index in [1.54, 1.807) is 30.8 Å². The fourth-order valence-corrected chi connectivity index (χ4v) is 4.59. The van der Waals surface area contributed by atoms with Crippen LogP contribution in [0.4, 0.5) is 11.8 Å². The lowest BCUT2D eigenvalue weighted by molar-refractivity contribution is -0.140. The van der Waals surface area contributed by atoms with Gasteiger partial charge in [0.15, 0.2) is 11.2 Å². The second-order valence-electron chi connectivity index (χ2n) is 8.91. The summed E-state index contributed by atoms with van der Waals surface area (Å²) in [7, 11) is 4.58. The van der Waals surface area contributed by atoms with Gasteiger partial charge in [0.25, 0.3) is 5.56 Å². The largest absolute Gasteiger partial charge is 0.469 e. The average Bonchev–Trinajstić information content (AvgIpc) is 3.45. The lowest BCUT2D eigenvalue weighted by Gasteiger charge is -2.09. The second-order valence-corrected chi connectivity index (χ2v) is 9.31. The number of aromatic nitrogens is 7. The number of rotatable bonds is 7. The number of ether oxygens (including phenoxy) is 1. The van der Waals surface area contributed by atoms with Crippen LogP contribution in [0.3, 0.4) is 0 Å². The van der Waals surface area contributed by atoms with E-state index in [1.165, 1.54) is 11.7 Å². The highest BCUT2D eigenvalue weighted by atomic mass is 35.5. The van der Waals surface area contributed by atoms with Crippen LogP contribution in [0.2, 0.25) is 5.02 Å². The number of fused-ring (bicyclic) bond motifs is 2. The van der Waals surface area contributed by atoms with Gasteiger partial charge in [-0.25, -0.2) is 14.8 Å². The number of nitrogens with zero attached hydrogens (tertiary/aromatic N) is 6. The molecule has 0 aliphatic carbocycles. The molecular weight excluding hydrogens is 512 g/mol. The number of imidazole rings is 1. The van der Waals surface area contributed by atoms with E-state index in [4.69, 9.17) is 11.6 Å². The normalized spacial score (nSPS) is 11.4. The first-order valence-electron chi connectivity index (χ1n) is 11.8. The van der Waals surface area contributed by atoms with Crippen molar-refractivity contribution in [3.05, 3.63) is 73.4 Å². The molecule has 0 bridgehead atoms. The molecular formula is C25H25ClN8O4. The Morgan fingerprint density at radius 2 is 1.92 bits per heavy atom. The summed E-state index contributed by atoms with van der Waals surface area (Å²) < 4.78 is 8.77. The maximum atomic E-state index is 13.5. The number of methoxy groups -OCH3 is 1. The van der Waals surface area contributed by atoms with Crippen LogP contribution in [-0.2, 0) is 36.6 Å². The molecule has 0 amide bonds. The number of carbonyl (C=O) groups is 1. The molecule has 0 saturated heterocycles. The molecule has 38 heavy (non-hydrogen) atoms. The summed E-state index contributed by atoms with van der Waals surface area (Å²) in [5.74, 6) is 0.868. The summed E-state index contributed by atoms with van der Waals surface area (Å²) in [4.78, 5) is 54.7. The molecule has 5 rings (SSSR count). The van der Waals surface area contributed by atoms with E-state index in [0.717, 1.165) is 15.5 Å². The predicted molar refractivity (Wildman–Crippen MR) is 143 cm³/mol. The van der Waals surface area contributed by atoms with Gasteiger partial charge in [0.2, 0.25) is 5.95 Å². The van der Waals surface area contributed by atoms with E-state index in [0.29, 0.717) is 40.4 Å². The average molecular weight is 537 g/mol. The Kier molecular flexibility index (Phi) is 6.49. The smallest absolute Gasteiger partial charge is 0.332 e. The highest BCUT2D eigenvalue weighted by Crippen LogP contribution is 2.24. The van der Waals surface area contributed by atoms with E-state index in [9.17, 15) is 14.4 Å². The Balaban J connectivity index is 1.52. The number of H-pyrrole nitrogens is 1. The van der Waals surface area contributed by atoms with E-state index in [1.807, 2.05) is 25.1 Å². The van der Waals surface area contributed by atoms with Crippen molar-refractivity contribution in [1.82, 2.24) is 33.6 Å². The minimum absolute atomic E-state index is 0.0368. The van der Waals surface area contributed by atoms with Gasteiger partial charge in [-0.1, -0.05) is 17.7 Å². The van der Waals surface area contributed by atoms with Crippen molar-refractivity contribution in [2.24, 2.45) is 14.1 Å². The Bertz CT molecular complexity index is 1830. The lowest BCUT2D eigenvalue weighted by atomic mass is 10.2. The monoisotopic (exact) mass is 536 g/mol. The standard InChI is InChI=1S/C25H25ClN8O4/c1-13-10-19(29-18(27-13)8-9-20(35)38-4)30-24-31-22-21(32(24)2)23(36)34(25(37)33(22)3)12-14-11-15-16(26)6-5-7-17(15)28-14/h5-7,10-11,28H,8-9,12H2,1-4H3,(H,27,29,30,31). The van der Waals surface area contributed by atoms with Crippen LogP contribution in [0.25, 0.3) is 22.1 Å². The van der Waals surface area contributed by atoms with Crippen LogP contribution in [0, 0.1) is 6.92 Å². The molecule has 13 heteroatoms. The number of hydrogen-bond donors (Lipinski definition) is 2. The third kappa shape index (κ3) is 4.54. The third-order valence-corrected chi connectivity index (χ3v) is 6.61. The van der Waals surface area contributed by atoms with Crippen LogP contribution in [0.5, 0.6) is 0 Å². The maximum absolute atomic E-state index is 13.5. The van der Waals surface area contributed by atoms with E-state index in [-0.39, 0.29) is 30.1 Å². The summed E-state index contributed by atoms with van der Waals surface area (Å²) in [5.41, 5.74) is 1.68. The van der Waals surface area contributed by atoms with Crippen LogP contribution >= 0.6 is 11.6 Å². The summed E-state index contributed by atoms with van der Waals surface area (Å²) in [6.07, 6.45) is 0.458. The topological polar surface area (TPSA) is 142 Å². The molecule has 0 radical (unpaired) electrons. The molecule has 4 heterocycles. The predicted octanol–water partition coefficient (Wildman–Crippen LogP) is 2.56. The van der Waals surface area contributed by atoms with Gasteiger partial charge in [-0.2, -0.15) is 4.98 Å². The fourth-order valence-electron chi connectivity index (χ4n) is 4.36. The molecule has 4 aromatic heterocycles. The molecule has 0 saturated carbocycles.